The second-order valence-corrected chi connectivity index (χ2v) is 4.13. The summed E-state index contributed by atoms with van der Waals surface area (Å²) in [4.78, 5) is 2.39. The maximum absolute atomic E-state index is 8.79. The molecule has 11 heavy (non-hydrogen) atoms. The van der Waals surface area contributed by atoms with E-state index in [0.717, 1.165) is 6.42 Å². The van der Waals surface area contributed by atoms with Gasteiger partial charge in [-0.3, -0.25) is 4.90 Å². The molecule has 1 aliphatic rings. The lowest BCUT2D eigenvalue weighted by Crippen LogP contribution is -2.39. The first-order chi connectivity index (χ1) is 5.08. The monoisotopic (exact) mass is 157 g/mol. The van der Waals surface area contributed by atoms with Crippen molar-refractivity contribution in [3.05, 3.63) is 0 Å². The van der Waals surface area contributed by atoms with Gasteiger partial charge in [-0.1, -0.05) is 0 Å². The van der Waals surface area contributed by atoms with E-state index in [1.807, 2.05) is 0 Å². The molecule has 1 fully saturated rings. The summed E-state index contributed by atoms with van der Waals surface area (Å²) in [6, 6.07) is 0.606. The van der Waals surface area contributed by atoms with E-state index in [2.05, 4.69) is 25.8 Å². The fraction of sp³-hybridized carbons (Fsp3) is 1.00. The van der Waals surface area contributed by atoms with Crippen molar-refractivity contribution in [3.8, 4) is 0 Å². The normalized spacial score (nSPS) is 31.1. The number of likely N-dealkylation sites (tertiary alicyclic amines) is 1. The molecule has 0 aliphatic carbocycles. The summed E-state index contributed by atoms with van der Waals surface area (Å²) in [5.74, 6) is 0. The van der Waals surface area contributed by atoms with Gasteiger partial charge < -0.3 is 5.11 Å². The van der Waals surface area contributed by atoms with Crippen LogP contribution in [-0.2, 0) is 0 Å². The van der Waals surface area contributed by atoms with Crippen LogP contribution < -0.4 is 0 Å². The van der Waals surface area contributed by atoms with E-state index in [4.69, 9.17) is 5.11 Å². The van der Waals surface area contributed by atoms with Crippen LogP contribution in [0.5, 0.6) is 0 Å². The molecule has 0 amide bonds. The lowest BCUT2D eigenvalue weighted by Gasteiger charge is -2.31. The van der Waals surface area contributed by atoms with Gasteiger partial charge in [-0.2, -0.15) is 0 Å². The van der Waals surface area contributed by atoms with E-state index in [-0.39, 0.29) is 0 Å². The fourth-order valence-electron chi connectivity index (χ4n) is 1.87. The molecule has 1 aliphatic heterocycles. The molecule has 2 nitrogen and oxygen atoms in total. The molecule has 66 valence electrons. The van der Waals surface area contributed by atoms with Crippen molar-refractivity contribution < 1.29 is 5.11 Å². The highest BCUT2D eigenvalue weighted by Crippen LogP contribution is 2.32. The molecule has 1 saturated heterocycles. The highest BCUT2D eigenvalue weighted by atomic mass is 16.3. The van der Waals surface area contributed by atoms with Gasteiger partial charge in [0.15, 0.2) is 0 Å². The maximum atomic E-state index is 8.79. The van der Waals surface area contributed by atoms with Crippen LogP contribution in [0.25, 0.3) is 0 Å². The van der Waals surface area contributed by atoms with Crippen LogP contribution in [0, 0.1) is 0 Å². The van der Waals surface area contributed by atoms with Crippen LogP contribution in [0.3, 0.4) is 0 Å². The number of nitrogens with zero attached hydrogens (tertiary/aromatic N) is 1. The lowest BCUT2D eigenvalue weighted by atomic mass is 10.0. The Kier molecular flexibility index (Phi) is 2.55. The van der Waals surface area contributed by atoms with Gasteiger partial charge in [0.25, 0.3) is 0 Å². The fourth-order valence-corrected chi connectivity index (χ4v) is 1.87. The first-order valence-electron chi connectivity index (χ1n) is 4.42. The summed E-state index contributed by atoms with van der Waals surface area (Å²) >= 11 is 0. The zero-order chi connectivity index (χ0) is 8.48. The number of hydrogen-bond acceptors (Lipinski definition) is 2. The third-order valence-electron chi connectivity index (χ3n) is 3.05. The van der Waals surface area contributed by atoms with Crippen LogP contribution >= 0.6 is 0 Å². The van der Waals surface area contributed by atoms with Crippen LogP contribution in [-0.4, -0.2) is 35.2 Å². The van der Waals surface area contributed by atoms with Gasteiger partial charge in [0, 0.05) is 18.2 Å². The predicted molar refractivity (Wildman–Crippen MR) is 46.6 cm³/mol. The predicted octanol–water partition coefficient (Wildman–Crippen LogP) is 1.24. The highest BCUT2D eigenvalue weighted by Gasteiger charge is 2.35. The van der Waals surface area contributed by atoms with E-state index < -0.39 is 0 Å². The summed E-state index contributed by atoms with van der Waals surface area (Å²) in [5.41, 5.74) is 0.347. The first-order valence-corrected chi connectivity index (χ1v) is 4.42. The number of rotatable bonds is 2. The van der Waals surface area contributed by atoms with Gasteiger partial charge in [0.2, 0.25) is 0 Å². The van der Waals surface area contributed by atoms with Gasteiger partial charge in [0.05, 0.1) is 0 Å². The lowest BCUT2D eigenvalue weighted by molar-refractivity contribution is 0.144. The van der Waals surface area contributed by atoms with Gasteiger partial charge >= 0.3 is 0 Å². The molecule has 0 aromatic rings. The second-order valence-electron chi connectivity index (χ2n) is 4.13. The quantitative estimate of drug-likeness (QED) is 0.652. The Morgan fingerprint density at radius 1 is 1.55 bits per heavy atom. The molecule has 1 rings (SSSR count). The SMILES string of the molecule is CN1C(CCO)CCC1(C)C. The molecule has 0 aromatic heterocycles. The van der Waals surface area contributed by atoms with Crippen molar-refractivity contribution in [1.82, 2.24) is 4.90 Å². The van der Waals surface area contributed by atoms with Gasteiger partial charge in [-0.15, -0.1) is 0 Å². The van der Waals surface area contributed by atoms with Crippen LogP contribution in [0.4, 0.5) is 0 Å². The van der Waals surface area contributed by atoms with Crippen molar-refractivity contribution in [1.29, 1.82) is 0 Å². The number of aliphatic hydroxyl groups is 1. The molecule has 0 bridgehead atoms. The molecule has 0 saturated carbocycles. The first kappa shape index (κ1) is 9.01. The minimum atomic E-state index is 0.324. The van der Waals surface area contributed by atoms with E-state index >= 15 is 0 Å². The van der Waals surface area contributed by atoms with Crippen LogP contribution in [0.2, 0.25) is 0 Å². The Labute approximate surface area is 69.2 Å². The van der Waals surface area contributed by atoms with Crippen LogP contribution in [0.1, 0.15) is 33.1 Å². The molecule has 0 aromatic carbocycles. The Morgan fingerprint density at radius 3 is 2.55 bits per heavy atom. The zero-order valence-corrected chi connectivity index (χ0v) is 7.80. The summed E-state index contributed by atoms with van der Waals surface area (Å²) in [7, 11) is 2.16. The summed E-state index contributed by atoms with van der Waals surface area (Å²) < 4.78 is 0. The average molecular weight is 157 g/mol. The summed E-state index contributed by atoms with van der Waals surface area (Å²) in [6.45, 7) is 4.86. The summed E-state index contributed by atoms with van der Waals surface area (Å²) in [5, 5.41) is 8.79. The third-order valence-corrected chi connectivity index (χ3v) is 3.05. The molecule has 0 spiro atoms. The largest absolute Gasteiger partial charge is 0.396 e. The molecule has 0 radical (unpaired) electrons. The minimum absolute atomic E-state index is 0.324. The molecule has 1 unspecified atom stereocenters. The molecule has 2 heteroatoms. The standard InChI is InChI=1S/C9H19NO/c1-9(2)6-4-8(5-7-11)10(9)3/h8,11H,4-7H2,1-3H3. The molecule has 1 N–H and O–H groups in total. The number of aliphatic hydroxyl groups excluding tert-OH is 1. The van der Waals surface area contributed by atoms with E-state index in [0.29, 0.717) is 18.2 Å². The smallest absolute Gasteiger partial charge is 0.0445 e. The third kappa shape index (κ3) is 1.74. The van der Waals surface area contributed by atoms with E-state index in [9.17, 15) is 0 Å². The minimum Gasteiger partial charge on any atom is -0.396 e. The van der Waals surface area contributed by atoms with Gasteiger partial charge in [0.1, 0.15) is 0 Å². The Bertz CT molecular complexity index is 134. The molecular weight excluding hydrogens is 138 g/mol. The average Bonchev–Trinajstić information content (AvgIpc) is 2.17. The van der Waals surface area contributed by atoms with E-state index in [1.165, 1.54) is 12.8 Å². The van der Waals surface area contributed by atoms with Crippen molar-refractivity contribution in [2.75, 3.05) is 13.7 Å². The Hall–Kier alpha value is -0.0800. The van der Waals surface area contributed by atoms with Crippen LogP contribution in [0.15, 0.2) is 0 Å². The van der Waals surface area contributed by atoms with Gasteiger partial charge in [-0.25, -0.2) is 0 Å². The van der Waals surface area contributed by atoms with Crippen molar-refractivity contribution >= 4 is 0 Å². The highest BCUT2D eigenvalue weighted by molar-refractivity contribution is 4.91. The molecular formula is C9H19NO. The zero-order valence-electron chi connectivity index (χ0n) is 7.80. The van der Waals surface area contributed by atoms with Crippen molar-refractivity contribution in [2.24, 2.45) is 0 Å². The number of hydrogen-bond donors (Lipinski definition) is 1. The van der Waals surface area contributed by atoms with E-state index in [1.54, 1.807) is 0 Å². The maximum Gasteiger partial charge on any atom is 0.0445 e. The topological polar surface area (TPSA) is 23.5 Å². The summed E-state index contributed by atoms with van der Waals surface area (Å²) in [6.07, 6.45) is 3.43. The molecule has 1 atom stereocenters. The van der Waals surface area contributed by atoms with Gasteiger partial charge in [-0.05, 0) is 40.2 Å². The Morgan fingerprint density at radius 2 is 2.18 bits per heavy atom. The second kappa shape index (κ2) is 3.11. The Balaban J connectivity index is 2.49. The van der Waals surface area contributed by atoms with Crippen molar-refractivity contribution in [3.63, 3.8) is 0 Å². The molecule has 1 heterocycles. The van der Waals surface area contributed by atoms with Crippen molar-refractivity contribution in [2.45, 2.75) is 44.7 Å².